The summed E-state index contributed by atoms with van der Waals surface area (Å²) in [5.41, 5.74) is 5.04. The van der Waals surface area contributed by atoms with E-state index < -0.39 is 4.92 Å². The molecule has 2 atom stereocenters. The first-order valence-electron chi connectivity index (χ1n) is 8.63. The van der Waals surface area contributed by atoms with Crippen LogP contribution in [0.1, 0.15) is 31.9 Å². The van der Waals surface area contributed by atoms with Gasteiger partial charge in [-0.2, -0.15) is 5.10 Å². The molecule has 8 nitrogen and oxygen atoms in total. The highest BCUT2D eigenvalue weighted by Gasteiger charge is 2.37. The number of nitrogens with zero attached hydrogens (tertiary/aromatic N) is 3. The summed E-state index contributed by atoms with van der Waals surface area (Å²) in [6.45, 7) is 6.25. The molecule has 1 saturated heterocycles. The number of hydrogen-bond acceptors (Lipinski definition) is 7. The summed E-state index contributed by atoms with van der Waals surface area (Å²) in [5.74, 6) is 0.816. The zero-order valence-electron chi connectivity index (χ0n) is 14.8. The second-order valence-corrected chi connectivity index (χ2v) is 6.32. The van der Waals surface area contributed by atoms with E-state index in [1.807, 2.05) is 13.0 Å². The van der Waals surface area contributed by atoms with Gasteiger partial charge in [0.2, 0.25) is 5.75 Å². The zero-order chi connectivity index (χ0) is 18.0. The molecule has 1 fully saturated rings. The molecule has 0 spiro atoms. The van der Waals surface area contributed by atoms with Crippen molar-refractivity contribution in [2.45, 2.75) is 26.3 Å². The first-order chi connectivity index (χ1) is 12.0. The molecular formula is C17H24N4O4. The number of benzene rings is 1. The molecule has 136 valence electrons. The minimum absolute atomic E-state index is 0.0674. The molecule has 1 N–H and O–H groups in total. The van der Waals surface area contributed by atoms with Crippen LogP contribution in [-0.2, 0) is 0 Å². The van der Waals surface area contributed by atoms with Crippen molar-refractivity contribution in [3.63, 3.8) is 0 Å². The molecule has 8 heteroatoms. The van der Waals surface area contributed by atoms with Crippen molar-refractivity contribution >= 4 is 11.4 Å². The highest BCUT2D eigenvalue weighted by atomic mass is 16.6. The molecular weight excluding hydrogens is 324 g/mol. The molecule has 1 aromatic rings. The molecule has 0 aromatic heterocycles. The summed E-state index contributed by atoms with van der Waals surface area (Å²) in [6.07, 6.45) is 0.919. The zero-order valence-corrected chi connectivity index (χ0v) is 14.8. The van der Waals surface area contributed by atoms with E-state index in [0.29, 0.717) is 19.0 Å². The number of hydrogen-bond donors (Lipinski definition) is 1. The number of ether oxygens (including phenoxy) is 2. The van der Waals surface area contributed by atoms with Gasteiger partial charge in [0, 0.05) is 37.2 Å². The third-order valence-corrected chi connectivity index (χ3v) is 4.64. The molecule has 0 aliphatic carbocycles. The lowest BCUT2D eigenvalue weighted by molar-refractivity contribution is -0.386. The quantitative estimate of drug-likeness (QED) is 0.627. The van der Waals surface area contributed by atoms with Gasteiger partial charge in [-0.25, -0.2) is 0 Å². The van der Waals surface area contributed by atoms with Crippen LogP contribution in [0.25, 0.3) is 0 Å². The van der Waals surface area contributed by atoms with Crippen molar-refractivity contribution in [3.05, 3.63) is 27.8 Å². The number of rotatable bonds is 6. The van der Waals surface area contributed by atoms with Crippen LogP contribution in [0, 0.1) is 16.0 Å². The minimum Gasteiger partial charge on any atom is -0.490 e. The molecule has 2 aliphatic heterocycles. The predicted molar refractivity (Wildman–Crippen MR) is 94.4 cm³/mol. The number of fused-ring (bicyclic) bond motifs is 1. The lowest BCUT2D eigenvalue weighted by Crippen LogP contribution is -2.39. The standard InChI is InChI=1S/C17H24N4O4/c1-4-24-15-9-11(8-14(21(22)23)17(15)25-5-2)16-12-10-20(3)7-6-13(12)18-19-16/h8-9,12,16,19H,4-7,10H2,1-3H3. The first-order valence-corrected chi connectivity index (χ1v) is 8.63. The summed E-state index contributed by atoms with van der Waals surface area (Å²) < 4.78 is 11.1. The Balaban J connectivity index is 2.00. The van der Waals surface area contributed by atoms with E-state index in [1.165, 1.54) is 0 Å². The fourth-order valence-electron chi connectivity index (χ4n) is 3.48. The lowest BCUT2D eigenvalue weighted by atomic mass is 9.86. The van der Waals surface area contributed by atoms with Gasteiger partial charge >= 0.3 is 5.69 Å². The van der Waals surface area contributed by atoms with Crippen molar-refractivity contribution in [3.8, 4) is 11.5 Å². The first kappa shape index (κ1) is 17.5. The second kappa shape index (κ2) is 7.26. The van der Waals surface area contributed by atoms with Crippen molar-refractivity contribution in [1.82, 2.24) is 10.3 Å². The van der Waals surface area contributed by atoms with Crippen molar-refractivity contribution < 1.29 is 14.4 Å². The van der Waals surface area contributed by atoms with E-state index in [-0.39, 0.29) is 23.4 Å². The van der Waals surface area contributed by atoms with E-state index in [4.69, 9.17) is 9.47 Å². The van der Waals surface area contributed by atoms with Crippen LogP contribution in [0.15, 0.2) is 17.2 Å². The van der Waals surface area contributed by atoms with E-state index in [1.54, 1.807) is 13.0 Å². The Hall–Kier alpha value is -2.35. The van der Waals surface area contributed by atoms with Crippen LogP contribution in [0.3, 0.4) is 0 Å². The van der Waals surface area contributed by atoms with Gasteiger partial charge in [0.05, 0.1) is 24.2 Å². The van der Waals surface area contributed by atoms with Crippen LogP contribution in [-0.4, -0.2) is 48.9 Å². The van der Waals surface area contributed by atoms with E-state index in [2.05, 4.69) is 22.5 Å². The molecule has 1 aromatic carbocycles. The van der Waals surface area contributed by atoms with Crippen LogP contribution < -0.4 is 14.9 Å². The highest BCUT2D eigenvalue weighted by Crippen LogP contribution is 2.42. The fraction of sp³-hybridized carbons (Fsp3) is 0.588. The second-order valence-electron chi connectivity index (χ2n) is 6.32. The monoisotopic (exact) mass is 348 g/mol. The molecule has 2 aliphatic rings. The number of likely N-dealkylation sites (tertiary alicyclic amines) is 1. The molecule has 2 unspecified atom stereocenters. The van der Waals surface area contributed by atoms with Gasteiger partial charge in [-0.05, 0) is 32.5 Å². The Morgan fingerprint density at radius 3 is 2.80 bits per heavy atom. The average molecular weight is 348 g/mol. The minimum atomic E-state index is -0.416. The Bertz CT molecular complexity index is 691. The van der Waals surface area contributed by atoms with Gasteiger partial charge in [-0.15, -0.1) is 0 Å². The average Bonchev–Trinajstić information content (AvgIpc) is 2.99. The molecule has 0 bridgehead atoms. The van der Waals surface area contributed by atoms with E-state index >= 15 is 0 Å². The van der Waals surface area contributed by atoms with Gasteiger partial charge < -0.3 is 19.8 Å². The fourth-order valence-corrected chi connectivity index (χ4v) is 3.48. The summed E-state index contributed by atoms with van der Waals surface area (Å²) in [6, 6.07) is 3.33. The number of nitrogens with one attached hydrogen (secondary N) is 1. The van der Waals surface area contributed by atoms with Crippen LogP contribution in [0.4, 0.5) is 5.69 Å². The molecule has 2 heterocycles. The number of nitro groups is 1. The molecule has 0 radical (unpaired) electrons. The van der Waals surface area contributed by atoms with E-state index in [0.717, 1.165) is 30.8 Å². The van der Waals surface area contributed by atoms with Gasteiger partial charge in [0.25, 0.3) is 0 Å². The highest BCUT2D eigenvalue weighted by molar-refractivity contribution is 5.90. The van der Waals surface area contributed by atoms with Crippen LogP contribution in [0.2, 0.25) is 0 Å². The topological polar surface area (TPSA) is 89.2 Å². The maximum absolute atomic E-state index is 11.6. The van der Waals surface area contributed by atoms with Gasteiger partial charge in [-0.1, -0.05) is 0 Å². The Morgan fingerprint density at radius 2 is 2.12 bits per heavy atom. The van der Waals surface area contributed by atoms with Crippen LogP contribution in [0.5, 0.6) is 11.5 Å². The largest absolute Gasteiger partial charge is 0.490 e. The smallest absolute Gasteiger partial charge is 0.315 e. The summed E-state index contributed by atoms with van der Waals surface area (Å²) >= 11 is 0. The third-order valence-electron chi connectivity index (χ3n) is 4.64. The van der Waals surface area contributed by atoms with Crippen molar-refractivity contribution in [1.29, 1.82) is 0 Å². The molecule has 0 saturated carbocycles. The Kier molecular flexibility index (Phi) is 5.08. The molecule has 3 rings (SSSR count). The third kappa shape index (κ3) is 3.39. The maximum Gasteiger partial charge on any atom is 0.315 e. The van der Waals surface area contributed by atoms with Gasteiger partial charge in [-0.3, -0.25) is 10.1 Å². The molecule has 0 amide bonds. The summed E-state index contributed by atoms with van der Waals surface area (Å²) in [5, 5.41) is 16.0. The SMILES string of the molecule is CCOc1cc(C2NN=C3CCN(C)CC32)cc([N+](=O)[O-])c1OCC. The van der Waals surface area contributed by atoms with Crippen molar-refractivity contribution in [2.75, 3.05) is 33.4 Å². The lowest BCUT2D eigenvalue weighted by Gasteiger charge is -2.31. The predicted octanol–water partition coefficient (Wildman–Crippen LogP) is 2.34. The Labute approximate surface area is 146 Å². The van der Waals surface area contributed by atoms with Crippen LogP contribution >= 0.6 is 0 Å². The van der Waals surface area contributed by atoms with Gasteiger partial charge in [0.15, 0.2) is 5.75 Å². The summed E-state index contributed by atoms with van der Waals surface area (Å²) in [4.78, 5) is 13.4. The number of hydrazone groups is 1. The Morgan fingerprint density at radius 1 is 1.36 bits per heavy atom. The normalized spacial score (nSPS) is 22.8. The van der Waals surface area contributed by atoms with Gasteiger partial charge in [0.1, 0.15) is 0 Å². The summed E-state index contributed by atoms with van der Waals surface area (Å²) in [7, 11) is 2.08. The number of nitro benzene ring substituents is 1. The molecule has 25 heavy (non-hydrogen) atoms. The maximum atomic E-state index is 11.6. The number of piperidine rings is 1. The van der Waals surface area contributed by atoms with E-state index in [9.17, 15) is 10.1 Å². The van der Waals surface area contributed by atoms with Crippen molar-refractivity contribution in [2.24, 2.45) is 11.0 Å².